The summed E-state index contributed by atoms with van der Waals surface area (Å²) in [5, 5.41) is 16.9. The van der Waals surface area contributed by atoms with Gasteiger partial charge in [-0.3, -0.25) is 0 Å². The number of morpholine rings is 1. The highest BCUT2D eigenvalue weighted by Gasteiger charge is 2.38. The number of anilines is 2. The van der Waals surface area contributed by atoms with Crippen LogP contribution >= 0.6 is 0 Å². The Morgan fingerprint density at radius 2 is 1.89 bits per heavy atom. The number of carbonyl (C=O) groups excluding carboxylic acids is 1. The second kappa shape index (κ2) is 10.00. The molecular formula is C25H33N7O4. The first kappa shape index (κ1) is 24.4. The highest BCUT2D eigenvalue weighted by Crippen LogP contribution is 2.36. The summed E-state index contributed by atoms with van der Waals surface area (Å²) in [5.41, 5.74) is 1.74. The number of aromatic nitrogens is 4. The number of nitrogens with zero attached hydrogens (tertiary/aromatic N) is 5. The summed E-state index contributed by atoms with van der Waals surface area (Å²) in [7, 11) is 1.89. The first-order chi connectivity index (χ1) is 17.4. The van der Waals surface area contributed by atoms with Crippen molar-refractivity contribution in [2.45, 2.75) is 38.3 Å². The normalized spacial score (nSPS) is 19.9. The molecule has 3 N–H and O–H groups in total. The molecular weight excluding hydrogens is 462 g/mol. The van der Waals surface area contributed by atoms with Crippen molar-refractivity contribution in [2.75, 3.05) is 49.7 Å². The van der Waals surface area contributed by atoms with Gasteiger partial charge in [0.15, 0.2) is 22.8 Å². The summed E-state index contributed by atoms with van der Waals surface area (Å²) < 4.78 is 13.0. The van der Waals surface area contributed by atoms with Crippen molar-refractivity contribution in [3.05, 3.63) is 30.1 Å². The molecule has 0 spiro atoms. The van der Waals surface area contributed by atoms with Crippen molar-refractivity contribution in [1.82, 2.24) is 24.8 Å². The van der Waals surface area contributed by atoms with Crippen LogP contribution in [-0.4, -0.2) is 76.2 Å². The first-order valence-electron chi connectivity index (χ1n) is 12.4. The maximum Gasteiger partial charge on any atom is 0.319 e. The highest BCUT2D eigenvalue weighted by atomic mass is 16.5. The molecule has 1 atom stereocenters. The van der Waals surface area contributed by atoms with Crippen molar-refractivity contribution in [3.8, 4) is 11.4 Å². The Hall–Kier alpha value is -3.28. The number of hydrogen-bond acceptors (Lipinski definition) is 8. The number of nitrogens with one attached hydrogen (secondary N) is 2. The zero-order valence-electron chi connectivity index (χ0n) is 21.0. The monoisotopic (exact) mass is 495 g/mol. The fourth-order valence-electron chi connectivity index (χ4n) is 4.81. The number of hydrogen-bond donors (Lipinski definition) is 3. The molecule has 2 saturated heterocycles. The standard InChI is InChI=1S/C25H33N7O4/c1-4-26-24(33)27-18-7-5-17(6-8-18)20-29-21-19(22(30-20)32-11-14-36-15-16(32)2)28-23(31(21)3)25(34)9-12-35-13-10-25/h5-8,16,34H,4,9-15H2,1-3H3,(H2,26,27,33)/t16-/m0/s1. The topological polar surface area (TPSA) is 127 Å². The lowest BCUT2D eigenvalue weighted by molar-refractivity contribution is -0.0745. The third-order valence-corrected chi connectivity index (χ3v) is 6.81. The van der Waals surface area contributed by atoms with Crippen LogP contribution in [0.1, 0.15) is 32.5 Å². The molecule has 4 heterocycles. The number of carbonyl (C=O) groups is 1. The van der Waals surface area contributed by atoms with Crippen molar-refractivity contribution < 1.29 is 19.4 Å². The number of imidazole rings is 1. The van der Waals surface area contributed by atoms with Crippen LogP contribution < -0.4 is 15.5 Å². The van der Waals surface area contributed by atoms with E-state index in [1.807, 2.05) is 42.8 Å². The molecule has 2 fully saturated rings. The van der Waals surface area contributed by atoms with E-state index in [0.717, 1.165) is 11.4 Å². The van der Waals surface area contributed by atoms with Gasteiger partial charge in [0.2, 0.25) is 0 Å². The van der Waals surface area contributed by atoms with E-state index in [4.69, 9.17) is 24.4 Å². The van der Waals surface area contributed by atoms with Gasteiger partial charge in [0.25, 0.3) is 0 Å². The Morgan fingerprint density at radius 3 is 2.58 bits per heavy atom. The van der Waals surface area contributed by atoms with E-state index in [0.29, 0.717) is 80.9 Å². The lowest BCUT2D eigenvalue weighted by Gasteiger charge is -2.34. The van der Waals surface area contributed by atoms with E-state index in [1.165, 1.54) is 0 Å². The van der Waals surface area contributed by atoms with Gasteiger partial charge in [-0.15, -0.1) is 0 Å². The van der Waals surface area contributed by atoms with Crippen LogP contribution in [0.25, 0.3) is 22.6 Å². The first-order valence-corrected chi connectivity index (χ1v) is 12.4. The maximum atomic E-state index is 11.9. The van der Waals surface area contributed by atoms with Crippen LogP contribution in [0.2, 0.25) is 0 Å². The number of fused-ring (bicyclic) bond motifs is 1. The molecule has 3 aromatic rings. The fourth-order valence-corrected chi connectivity index (χ4v) is 4.81. The predicted molar refractivity (Wildman–Crippen MR) is 136 cm³/mol. The van der Waals surface area contributed by atoms with Crippen LogP contribution in [-0.2, 0) is 22.1 Å². The molecule has 1 aromatic carbocycles. The van der Waals surface area contributed by atoms with Crippen molar-refractivity contribution >= 4 is 28.7 Å². The summed E-state index contributed by atoms with van der Waals surface area (Å²) in [6.07, 6.45) is 0.960. The molecule has 0 saturated carbocycles. The van der Waals surface area contributed by atoms with Gasteiger partial charge in [0.05, 0.1) is 19.3 Å². The third-order valence-electron chi connectivity index (χ3n) is 6.81. The van der Waals surface area contributed by atoms with Crippen molar-refractivity contribution in [1.29, 1.82) is 0 Å². The van der Waals surface area contributed by atoms with Crippen LogP contribution in [0.4, 0.5) is 16.3 Å². The van der Waals surface area contributed by atoms with Crippen LogP contribution in [0.15, 0.2) is 24.3 Å². The Labute approximate surface area is 209 Å². The van der Waals surface area contributed by atoms with Gasteiger partial charge >= 0.3 is 6.03 Å². The van der Waals surface area contributed by atoms with Crippen molar-refractivity contribution in [3.63, 3.8) is 0 Å². The molecule has 5 rings (SSSR count). The SMILES string of the molecule is CCNC(=O)Nc1ccc(-c2nc(N3CCOC[C@@H]3C)c3nc(C4(O)CCOCC4)n(C)c3n2)cc1. The molecule has 0 unspecified atom stereocenters. The average Bonchev–Trinajstić information content (AvgIpc) is 3.22. The fraction of sp³-hybridized carbons (Fsp3) is 0.520. The van der Waals surface area contributed by atoms with E-state index >= 15 is 0 Å². The van der Waals surface area contributed by atoms with Gasteiger partial charge in [-0.05, 0) is 38.1 Å². The van der Waals surface area contributed by atoms with Gasteiger partial charge < -0.3 is 34.7 Å². The van der Waals surface area contributed by atoms with Gasteiger partial charge in [-0.25, -0.2) is 19.7 Å². The zero-order valence-corrected chi connectivity index (χ0v) is 21.0. The number of ether oxygens (including phenoxy) is 2. The molecule has 0 radical (unpaired) electrons. The number of aryl methyl sites for hydroxylation is 1. The Morgan fingerprint density at radius 1 is 1.14 bits per heavy atom. The summed E-state index contributed by atoms with van der Waals surface area (Å²) in [6.45, 7) is 7.38. The molecule has 2 aliphatic rings. The molecule has 2 amide bonds. The number of urea groups is 1. The summed E-state index contributed by atoms with van der Waals surface area (Å²) in [4.78, 5) is 28.8. The minimum Gasteiger partial charge on any atom is -0.382 e. The lowest BCUT2D eigenvalue weighted by atomic mass is 9.93. The van der Waals surface area contributed by atoms with E-state index < -0.39 is 5.60 Å². The second-order valence-electron chi connectivity index (χ2n) is 9.36. The second-order valence-corrected chi connectivity index (χ2v) is 9.36. The zero-order chi connectivity index (χ0) is 25.3. The molecule has 2 aromatic heterocycles. The van der Waals surface area contributed by atoms with E-state index in [9.17, 15) is 9.90 Å². The highest BCUT2D eigenvalue weighted by molar-refractivity contribution is 5.90. The molecule has 2 aliphatic heterocycles. The number of aliphatic hydroxyl groups is 1. The van der Waals surface area contributed by atoms with Crippen LogP contribution in [0, 0.1) is 0 Å². The molecule has 36 heavy (non-hydrogen) atoms. The smallest absolute Gasteiger partial charge is 0.319 e. The third kappa shape index (κ3) is 4.61. The summed E-state index contributed by atoms with van der Waals surface area (Å²) in [5.74, 6) is 1.86. The minimum atomic E-state index is -1.08. The number of benzene rings is 1. The lowest BCUT2D eigenvalue weighted by Crippen LogP contribution is -2.44. The Bertz CT molecular complexity index is 1240. The van der Waals surface area contributed by atoms with Crippen LogP contribution in [0.3, 0.4) is 0 Å². The summed E-state index contributed by atoms with van der Waals surface area (Å²) in [6, 6.07) is 7.30. The van der Waals surface area contributed by atoms with E-state index in [2.05, 4.69) is 22.5 Å². The van der Waals surface area contributed by atoms with Gasteiger partial charge in [-0.2, -0.15) is 0 Å². The molecule has 11 heteroatoms. The Balaban J connectivity index is 1.59. The maximum absolute atomic E-state index is 11.9. The van der Waals surface area contributed by atoms with Gasteiger partial charge in [0, 0.05) is 57.4 Å². The Kier molecular flexibility index (Phi) is 6.78. The quantitative estimate of drug-likeness (QED) is 0.493. The minimum absolute atomic E-state index is 0.116. The predicted octanol–water partition coefficient (Wildman–Crippen LogP) is 2.39. The van der Waals surface area contributed by atoms with Gasteiger partial charge in [-0.1, -0.05) is 0 Å². The van der Waals surface area contributed by atoms with Gasteiger partial charge in [0.1, 0.15) is 11.4 Å². The van der Waals surface area contributed by atoms with Crippen LogP contribution in [0.5, 0.6) is 0 Å². The number of rotatable bonds is 5. The molecule has 0 bridgehead atoms. The van der Waals surface area contributed by atoms with Crippen molar-refractivity contribution in [2.24, 2.45) is 7.05 Å². The molecule has 11 nitrogen and oxygen atoms in total. The average molecular weight is 496 g/mol. The summed E-state index contributed by atoms with van der Waals surface area (Å²) >= 11 is 0. The molecule has 192 valence electrons. The largest absolute Gasteiger partial charge is 0.382 e. The van der Waals surface area contributed by atoms with E-state index in [1.54, 1.807) is 0 Å². The molecule has 0 aliphatic carbocycles. The van der Waals surface area contributed by atoms with E-state index in [-0.39, 0.29) is 12.1 Å². The number of amides is 2.